The SMILES string of the molecule is C/C(=C/C(=O)O)C(CCCO[Si](C)(C)C(C)(C)C)O[Si](C)(C)C(C)(C)C. The summed E-state index contributed by atoms with van der Waals surface area (Å²) in [5, 5.41) is 9.41. The molecule has 0 aliphatic heterocycles. The monoisotopic (exact) mass is 402 g/mol. The van der Waals surface area contributed by atoms with Crippen molar-refractivity contribution in [3.63, 3.8) is 0 Å². The third kappa shape index (κ3) is 8.07. The highest BCUT2D eigenvalue weighted by molar-refractivity contribution is 6.74. The minimum absolute atomic E-state index is 0.0897. The molecule has 6 heteroatoms. The molecule has 4 nitrogen and oxygen atoms in total. The van der Waals surface area contributed by atoms with E-state index in [9.17, 15) is 4.79 Å². The number of hydrogen-bond donors (Lipinski definition) is 1. The molecule has 0 aromatic carbocycles. The summed E-state index contributed by atoms with van der Waals surface area (Å²) in [4.78, 5) is 11.1. The van der Waals surface area contributed by atoms with Crippen molar-refractivity contribution in [2.24, 2.45) is 0 Å². The molecule has 0 aromatic rings. The Morgan fingerprint density at radius 1 is 1.00 bits per heavy atom. The number of carbonyl (C=O) groups is 1. The molecular formula is C20H42O4Si2. The van der Waals surface area contributed by atoms with Crippen LogP contribution in [0.3, 0.4) is 0 Å². The van der Waals surface area contributed by atoms with Crippen molar-refractivity contribution < 1.29 is 18.8 Å². The van der Waals surface area contributed by atoms with Crippen molar-refractivity contribution in [1.29, 1.82) is 0 Å². The van der Waals surface area contributed by atoms with Gasteiger partial charge >= 0.3 is 5.97 Å². The van der Waals surface area contributed by atoms with Gasteiger partial charge in [-0.05, 0) is 61.6 Å². The van der Waals surface area contributed by atoms with Crippen LogP contribution in [0.15, 0.2) is 11.6 Å². The van der Waals surface area contributed by atoms with Crippen LogP contribution in [-0.4, -0.2) is 40.4 Å². The zero-order chi connectivity index (χ0) is 21.0. The first-order chi connectivity index (χ1) is 11.4. The zero-order valence-corrected chi connectivity index (χ0v) is 20.9. The quantitative estimate of drug-likeness (QED) is 0.283. The highest BCUT2D eigenvalue weighted by Crippen LogP contribution is 2.39. The third-order valence-corrected chi connectivity index (χ3v) is 15.0. The Morgan fingerprint density at radius 2 is 1.46 bits per heavy atom. The Kier molecular flexibility index (Phi) is 9.02. The Bertz CT molecular complexity index is 497. The largest absolute Gasteiger partial charge is 0.478 e. The summed E-state index contributed by atoms with van der Waals surface area (Å²) in [5.74, 6) is -0.913. The molecular weight excluding hydrogens is 360 g/mol. The Labute approximate surface area is 163 Å². The molecule has 0 aliphatic carbocycles. The Hall–Kier alpha value is -0.436. The lowest BCUT2D eigenvalue weighted by Gasteiger charge is -2.40. The summed E-state index contributed by atoms with van der Waals surface area (Å²) in [7, 11) is -3.72. The first kappa shape index (κ1) is 25.6. The number of rotatable bonds is 9. The van der Waals surface area contributed by atoms with E-state index in [0.717, 1.165) is 18.4 Å². The van der Waals surface area contributed by atoms with Gasteiger partial charge in [0.25, 0.3) is 0 Å². The number of hydrogen-bond acceptors (Lipinski definition) is 3. The van der Waals surface area contributed by atoms with Gasteiger partial charge < -0.3 is 14.0 Å². The van der Waals surface area contributed by atoms with E-state index in [1.165, 1.54) is 6.08 Å². The smallest absolute Gasteiger partial charge is 0.328 e. The van der Waals surface area contributed by atoms with Gasteiger partial charge in [-0.25, -0.2) is 4.79 Å². The average molecular weight is 403 g/mol. The molecule has 0 aliphatic rings. The maximum atomic E-state index is 11.1. The summed E-state index contributed by atoms with van der Waals surface area (Å²) in [6, 6.07) is 0. The second-order valence-corrected chi connectivity index (χ2v) is 19.9. The molecule has 0 aromatic heterocycles. The van der Waals surface area contributed by atoms with Gasteiger partial charge in [-0.3, -0.25) is 0 Å². The van der Waals surface area contributed by atoms with Gasteiger partial charge in [0.1, 0.15) is 0 Å². The molecule has 0 saturated carbocycles. The maximum absolute atomic E-state index is 11.1. The fraction of sp³-hybridized carbons (Fsp3) is 0.850. The van der Waals surface area contributed by atoms with E-state index < -0.39 is 22.6 Å². The second kappa shape index (κ2) is 9.17. The first-order valence-corrected chi connectivity index (χ1v) is 15.5. The second-order valence-electron chi connectivity index (χ2n) is 10.3. The standard InChI is InChI=1S/C20H42O4Si2/c1-16(15-18(21)22)17(24-26(10,11)20(5,6)7)13-12-14-23-25(8,9)19(2,3)4/h15,17H,12-14H2,1-11H3,(H,21,22)/b16-15-. The normalized spacial score (nSPS) is 15.9. The highest BCUT2D eigenvalue weighted by Gasteiger charge is 2.40. The molecule has 0 radical (unpaired) electrons. The minimum Gasteiger partial charge on any atom is -0.478 e. The van der Waals surface area contributed by atoms with Crippen LogP contribution in [0.4, 0.5) is 0 Å². The van der Waals surface area contributed by atoms with Gasteiger partial charge in [0, 0.05) is 12.7 Å². The lowest BCUT2D eigenvalue weighted by molar-refractivity contribution is -0.131. The fourth-order valence-corrected chi connectivity index (χ4v) is 4.47. The van der Waals surface area contributed by atoms with Gasteiger partial charge in [-0.2, -0.15) is 0 Å². The molecule has 26 heavy (non-hydrogen) atoms. The Morgan fingerprint density at radius 3 is 1.85 bits per heavy atom. The molecule has 0 fully saturated rings. The maximum Gasteiger partial charge on any atom is 0.328 e. The van der Waals surface area contributed by atoms with Crippen molar-refractivity contribution >= 4 is 22.6 Å². The molecule has 0 bridgehead atoms. The van der Waals surface area contributed by atoms with Crippen LogP contribution in [0.1, 0.15) is 61.3 Å². The number of carboxylic acids is 1. The Balaban J connectivity index is 5.04. The van der Waals surface area contributed by atoms with Crippen LogP contribution in [-0.2, 0) is 13.6 Å². The average Bonchev–Trinajstić information content (AvgIpc) is 2.38. The van der Waals surface area contributed by atoms with Gasteiger partial charge in [0.15, 0.2) is 16.6 Å². The topological polar surface area (TPSA) is 55.8 Å². The molecule has 1 N–H and O–H groups in total. The predicted octanol–water partition coefficient (Wildman–Crippen LogP) is 6.21. The van der Waals surface area contributed by atoms with E-state index in [1.54, 1.807) is 0 Å². The van der Waals surface area contributed by atoms with Gasteiger partial charge in [0.05, 0.1) is 6.10 Å². The van der Waals surface area contributed by atoms with Crippen LogP contribution in [0.25, 0.3) is 0 Å². The first-order valence-electron chi connectivity index (χ1n) is 9.63. The van der Waals surface area contributed by atoms with E-state index in [2.05, 4.69) is 67.7 Å². The van der Waals surface area contributed by atoms with E-state index in [4.69, 9.17) is 14.0 Å². The van der Waals surface area contributed by atoms with E-state index in [1.807, 2.05) is 6.92 Å². The summed E-state index contributed by atoms with van der Waals surface area (Å²) in [6.07, 6.45) is 2.79. The summed E-state index contributed by atoms with van der Waals surface area (Å²) in [5.41, 5.74) is 0.787. The van der Waals surface area contributed by atoms with Crippen LogP contribution in [0, 0.1) is 0 Å². The zero-order valence-electron chi connectivity index (χ0n) is 18.9. The van der Waals surface area contributed by atoms with Gasteiger partial charge in [-0.1, -0.05) is 41.5 Å². The van der Waals surface area contributed by atoms with Crippen LogP contribution >= 0.6 is 0 Å². The van der Waals surface area contributed by atoms with Gasteiger partial charge in [-0.15, -0.1) is 0 Å². The minimum atomic E-state index is -1.97. The predicted molar refractivity (Wildman–Crippen MR) is 116 cm³/mol. The van der Waals surface area contributed by atoms with Crippen LogP contribution in [0.2, 0.25) is 36.3 Å². The molecule has 154 valence electrons. The highest BCUT2D eigenvalue weighted by atomic mass is 28.4. The summed E-state index contributed by atoms with van der Waals surface area (Å²) < 4.78 is 12.8. The molecule has 0 saturated heterocycles. The molecule has 0 heterocycles. The molecule has 1 unspecified atom stereocenters. The summed E-state index contributed by atoms with van der Waals surface area (Å²) >= 11 is 0. The van der Waals surface area contributed by atoms with Crippen molar-refractivity contribution in [3.8, 4) is 0 Å². The molecule has 0 amide bonds. The van der Waals surface area contributed by atoms with E-state index in [-0.39, 0.29) is 16.2 Å². The number of aliphatic carboxylic acids is 1. The van der Waals surface area contributed by atoms with Gasteiger partial charge in [0.2, 0.25) is 0 Å². The summed E-state index contributed by atoms with van der Waals surface area (Å²) in [6.45, 7) is 24.8. The fourth-order valence-electron chi connectivity index (χ4n) is 2.01. The lowest BCUT2D eigenvalue weighted by Crippen LogP contribution is -2.44. The molecule has 0 rings (SSSR count). The third-order valence-electron chi connectivity index (χ3n) is 5.98. The van der Waals surface area contributed by atoms with Crippen molar-refractivity contribution in [2.45, 2.75) is 104 Å². The van der Waals surface area contributed by atoms with Crippen molar-refractivity contribution in [1.82, 2.24) is 0 Å². The van der Waals surface area contributed by atoms with Crippen molar-refractivity contribution in [2.75, 3.05) is 6.61 Å². The van der Waals surface area contributed by atoms with Crippen LogP contribution in [0.5, 0.6) is 0 Å². The number of carboxylic acid groups (broad SMARTS) is 1. The van der Waals surface area contributed by atoms with E-state index in [0.29, 0.717) is 6.61 Å². The molecule has 1 atom stereocenters. The van der Waals surface area contributed by atoms with Crippen LogP contribution < -0.4 is 0 Å². The van der Waals surface area contributed by atoms with E-state index >= 15 is 0 Å². The lowest BCUT2D eigenvalue weighted by atomic mass is 10.1. The van der Waals surface area contributed by atoms with Crippen molar-refractivity contribution in [3.05, 3.63) is 11.6 Å². The molecule has 0 spiro atoms.